The second kappa shape index (κ2) is 16.2. The molecule has 0 spiro atoms. The van der Waals surface area contributed by atoms with E-state index in [1.165, 1.54) is 20.8 Å². The molecule has 0 amide bonds. The third kappa shape index (κ3) is 10.4. The van der Waals surface area contributed by atoms with Crippen LogP contribution < -0.4 is 0 Å². The van der Waals surface area contributed by atoms with Crippen LogP contribution in [0.2, 0.25) is 50.4 Å². The van der Waals surface area contributed by atoms with Crippen molar-refractivity contribution >= 4 is 36.0 Å². The molecule has 5 nitrogen and oxygen atoms in total. The van der Waals surface area contributed by atoms with E-state index in [0.717, 1.165) is 0 Å². The summed E-state index contributed by atoms with van der Waals surface area (Å²) >= 11 is 0. The Kier molecular flexibility index (Phi) is 15.6. The van der Waals surface area contributed by atoms with Gasteiger partial charge >= 0.3 is 45.6 Å². The van der Waals surface area contributed by atoms with Crippen molar-refractivity contribution in [2.24, 2.45) is 0 Å². The van der Waals surface area contributed by atoms with Crippen molar-refractivity contribution in [3.8, 4) is 0 Å². The van der Waals surface area contributed by atoms with E-state index in [9.17, 15) is 94.3 Å². The van der Waals surface area contributed by atoms with Gasteiger partial charge in [-0.3, -0.25) is 0 Å². The number of rotatable bonds is 10. The van der Waals surface area contributed by atoms with Crippen LogP contribution in [0.15, 0.2) is 24.3 Å². The Morgan fingerprint density at radius 3 is 1.02 bits per heavy atom. The van der Waals surface area contributed by atoms with Crippen LogP contribution in [0.4, 0.5) is 79.0 Å². The maximum Gasteiger partial charge on any atom is 0.430 e. The molecule has 0 aliphatic rings. The van der Waals surface area contributed by atoms with E-state index in [1.54, 1.807) is 39.3 Å². The van der Waals surface area contributed by atoms with Crippen LogP contribution in [0, 0.1) is 0 Å². The van der Waals surface area contributed by atoms with Crippen molar-refractivity contribution in [2.75, 3.05) is 0 Å². The maximum atomic E-state index is 14.4. The fourth-order valence-corrected chi connectivity index (χ4v) is 19.1. The minimum atomic E-state index is -7.24. The zero-order valence-corrected chi connectivity index (χ0v) is 34.2. The molecule has 0 radical (unpaired) electrons. The summed E-state index contributed by atoms with van der Waals surface area (Å²) in [6, 6.07) is -3.71. The van der Waals surface area contributed by atoms with Gasteiger partial charge in [0, 0.05) is 21.7 Å². The van der Waals surface area contributed by atoms with Crippen molar-refractivity contribution in [3.63, 3.8) is 0 Å². The molecule has 2 aromatic carbocycles. The largest absolute Gasteiger partial charge is 0.436 e. The molecule has 0 unspecified atom stereocenters. The number of hydrogen-bond acceptors (Lipinski definition) is 5. The van der Waals surface area contributed by atoms with E-state index in [2.05, 4.69) is 0 Å². The SMILES string of the molecule is C.C.CC(C)(C)[Si](CCc1cc(C(O)(C(F)(F)F)C(F)(F)F)cc2c(C(O)(C(F)(F)F)C(F)(F)F)cc(C(O)(C(F)(F)F)C(F)(F)F)cc12)(O[Si](C)(C)C)O[Si](C)(C)C. The molecular weight excluding hydrogens is 903 g/mol. The average molecular weight is 949 g/mol. The number of aliphatic hydroxyl groups is 3. The molecule has 0 saturated carbocycles. The molecule has 0 aliphatic carbocycles. The van der Waals surface area contributed by atoms with Crippen molar-refractivity contribution in [1.82, 2.24) is 0 Å². The van der Waals surface area contributed by atoms with Gasteiger partial charge in [0.25, 0.3) is 16.8 Å². The number of hydrogen-bond donors (Lipinski definition) is 3. The van der Waals surface area contributed by atoms with E-state index in [-0.39, 0.29) is 20.9 Å². The van der Waals surface area contributed by atoms with Crippen molar-refractivity contribution < 1.29 is 103 Å². The van der Waals surface area contributed by atoms with Gasteiger partial charge in [0.05, 0.1) is 0 Å². The number of halogens is 18. The Bertz CT molecular complexity index is 1720. The van der Waals surface area contributed by atoms with Gasteiger partial charge in [0.15, 0.2) is 16.6 Å². The Balaban J connectivity index is 0.0000168. The van der Waals surface area contributed by atoms with E-state index in [4.69, 9.17) is 8.23 Å². The first-order valence-electron chi connectivity index (χ1n) is 16.2. The number of benzene rings is 2. The normalized spacial score (nSPS) is 15.3. The van der Waals surface area contributed by atoms with Crippen LogP contribution in [0.25, 0.3) is 10.8 Å². The predicted molar refractivity (Wildman–Crippen MR) is 188 cm³/mol. The molecule has 3 N–H and O–H groups in total. The summed E-state index contributed by atoms with van der Waals surface area (Å²) in [5, 5.41) is 25.6. The van der Waals surface area contributed by atoms with Crippen LogP contribution in [0.5, 0.6) is 0 Å². The monoisotopic (exact) mass is 948 g/mol. The standard InChI is InChI=1S/C31H38F18O5Si3.2CH4/c1-22(2,3)57(53-55(4,5)6,54-56(7,8)9)11-10-16-12-17(23(50,26(32,33)34)27(35,36)37)14-20-19(16)13-18(24(51,28(38,39)40)29(41,42)43)15-21(20)25(52,30(44,45)46)31(47,48)49;;/h12-15,50-52H,10-11H2,1-9H3;2*1H4. The highest BCUT2D eigenvalue weighted by molar-refractivity contribution is 6.89. The molecule has 346 valence electrons. The van der Waals surface area contributed by atoms with Gasteiger partial charge < -0.3 is 23.5 Å². The molecule has 2 rings (SSSR count). The zero-order chi connectivity index (χ0) is 45.6. The number of alkyl halides is 18. The molecule has 0 saturated heterocycles. The lowest BCUT2D eigenvalue weighted by atomic mass is 9.79. The third-order valence-electron chi connectivity index (χ3n) is 8.65. The molecule has 0 bridgehead atoms. The van der Waals surface area contributed by atoms with Crippen LogP contribution in [-0.4, -0.2) is 77.6 Å². The Morgan fingerprint density at radius 1 is 0.458 bits per heavy atom. The van der Waals surface area contributed by atoms with E-state index < -0.39 is 148 Å². The quantitative estimate of drug-likeness (QED) is 0.163. The van der Waals surface area contributed by atoms with Gasteiger partial charge in [-0.05, 0) is 86.3 Å². The second-order valence-corrected chi connectivity index (χ2v) is 29.9. The van der Waals surface area contributed by atoms with E-state index in [0.29, 0.717) is 0 Å². The lowest BCUT2D eigenvalue weighted by molar-refractivity contribution is -0.378. The van der Waals surface area contributed by atoms with Gasteiger partial charge in [-0.25, -0.2) is 0 Å². The van der Waals surface area contributed by atoms with Crippen LogP contribution in [0.3, 0.4) is 0 Å². The van der Waals surface area contributed by atoms with Gasteiger partial charge in [0.2, 0.25) is 0 Å². The van der Waals surface area contributed by atoms with Gasteiger partial charge in [0.1, 0.15) is 0 Å². The molecule has 2 aromatic rings. The van der Waals surface area contributed by atoms with Crippen molar-refractivity contribution in [3.05, 3.63) is 46.5 Å². The molecule has 0 heterocycles. The average Bonchev–Trinajstić information content (AvgIpc) is 2.91. The first kappa shape index (κ1) is 56.9. The highest BCUT2D eigenvalue weighted by Crippen LogP contribution is 2.58. The fraction of sp³-hybridized carbons (Fsp3) is 0.697. The topological polar surface area (TPSA) is 79.2 Å². The van der Waals surface area contributed by atoms with E-state index in [1.807, 2.05) is 0 Å². The molecule has 0 fully saturated rings. The van der Waals surface area contributed by atoms with Crippen molar-refractivity contribution in [1.29, 1.82) is 0 Å². The predicted octanol–water partition coefficient (Wildman–Crippen LogP) is 12.5. The fourth-order valence-electron chi connectivity index (χ4n) is 6.00. The third-order valence-corrected chi connectivity index (χ3v) is 19.4. The lowest BCUT2D eigenvalue weighted by Crippen LogP contribution is -2.60. The first-order valence-corrected chi connectivity index (χ1v) is 25.0. The van der Waals surface area contributed by atoms with Gasteiger partial charge in [-0.2, -0.15) is 79.0 Å². The molecular formula is C33H46F18O5Si3. The minimum absolute atomic E-state index is 0. The number of fused-ring (bicyclic) bond motifs is 1. The second-order valence-electron chi connectivity index (χ2n) is 16.3. The summed E-state index contributed by atoms with van der Waals surface area (Å²) in [6.45, 7) is 14.1. The summed E-state index contributed by atoms with van der Waals surface area (Å²) in [5.41, 5.74) is -29.3. The molecule has 59 heavy (non-hydrogen) atoms. The molecule has 0 aliphatic heterocycles. The summed E-state index contributed by atoms with van der Waals surface area (Å²) in [5.74, 6) is 0. The highest BCUT2D eigenvalue weighted by Gasteiger charge is 2.75. The Labute approximate surface area is 331 Å². The number of aryl methyl sites for hydroxylation is 1. The lowest BCUT2D eigenvalue weighted by Gasteiger charge is -2.48. The summed E-state index contributed by atoms with van der Waals surface area (Å²) < 4.78 is 269. The van der Waals surface area contributed by atoms with Crippen LogP contribution in [0.1, 0.15) is 57.9 Å². The molecule has 26 heteroatoms. The zero-order valence-electron chi connectivity index (χ0n) is 31.2. The Hall–Kier alpha value is -2.11. The maximum absolute atomic E-state index is 14.4. The molecule has 0 atom stereocenters. The van der Waals surface area contributed by atoms with Gasteiger partial charge in [-0.15, -0.1) is 0 Å². The summed E-state index contributed by atoms with van der Waals surface area (Å²) in [6.07, 6.45) is -43.6. The van der Waals surface area contributed by atoms with Crippen molar-refractivity contribution in [2.45, 2.75) is 146 Å². The van der Waals surface area contributed by atoms with E-state index >= 15 is 0 Å². The molecule has 0 aromatic heterocycles. The minimum Gasteiger partial charge on any atom is -0.436 e. The Morgan fingerprint density at radius 2 is 0.746 bits per heavy atom. The van der Waals surface area contributed by atoms with Gasteiger partial charge in [-0.1, -0.05) is 41.7 Å². The van der Waals surface area contributed by atoms with Crippen LogP contribution in [-0.2, 0) is 31.5 Å². The van der Waals surface area contributed by atoms with Crippen LogP contribution >= 0.6 is 0 Å². The highest BCUT2D eigenvalue weighted by atomic mass is 28.5. The summed E-state index contributed by atoms with van der Waals surface area (Å²) in [4.78, 5) is 0. The smallest absolute Gasteiger partial charge is 0.430 e. The summed E-state index contributed by atoms with van der Waals surface area (Å²) in [7, 11) is -9.86. The first-order chi connectivity index (χ1) is 24.6.